The van der Waals surface area contributed by atoms with Gasteiger partial charge in [-0.25, -0.2) is 9.69 Å². The van der Waals surface area contributed by atoms with E-state index in [9.17, 15) is 24.0 Å². The zero-order valence-corrected chi connectivity index (χ0v) is 19.3. The van der Waals surface area contributed by atoms with Crippen molar-refractivity contribution in [1.29, 1.82) is 0 Å². The van der Waals surface area contributed by atoms with Gasteiger partial charge in [0.1, 0.15) is 0 Å². The SMILES string of the molecule is CC(=O)c1cccc(NC(=O)COC(=O)c2cccc(N3C(=O)[C@@H]4[C@@H](C3=O)[C@H]3C=C(C)[C@H]4C3)c2)c1. The highest BCUT2D eigenvalue weighted by Gasteiger charge is 2.60. The Labute approximate surface area is 201 Å². The van der Waals surface area contributed by atoms with Crippen molar-refractivity contribution in [1.82, 2.24) is 0 Å². The number of imide groups is 1. The lowest BCUT2D eigenvalue weighted by Gasteiger charge is -2.19. The number of nitrogens with zero attached hydrogens (tertiary/aromatic N) is 1. The summed E-state index contributed by atoms with van der Waals surface area (Å²) in [6.45, 7) is 2.90. The molecule has 8 heteroatoms. The minimum absolute atomic E-state index is 0.0919. The topological polar surface area (TPSA) is 110 Å². The van der Waals surface area contributed by atoms with Crippen molar-refractivity contribution >= 4 is 40.8 Å². The molecule has 0 radical (unpaired) electrons. The molecule has 0 spiro atoms. The maximum absolute atomic E-state index is 13.2. The third-order valence-corrected chi connectivity index (χ3v) is 7.11. The van der Waals surface area contributed by atoms with Crippen molar-refractivity contribution in [3.63, 3.8) is 0 Å². The zero-order chi connectivity index (χ0) is 24.9. The fraction of sp³-hybridized carbons (Fsp3) is 0.296. The van der Waals surface area contributed by atoms with Crippen LogP contribution in [0.15, 0.2) is 60.2 Å². The van der Waals surface area contributed by atoms with E-state index in [4.69, 9.17) is 4.74 Å². The van der Waals surface area contributed by atoms with Crippen molar-refractivity contribution in [2.75, 3.05) is 16.8 Å². The lowest BCUT2D eigenvalue weighted by Crippen LogP contribution is -2.33. The smallest absolute Gasteiger partial charge is 0.338 e. The summed E-state index contributed by atoms with van der Waals surface area (Å²) >= 11 is 0. The first-order valence-corrected chi connectivity index (χ1v) is 11.5. The number of hydrogen-bond donors (Lipinski definition) is 1. The molecule has 1 saturated heterocycles. The van der Waals surface area contributed by atoms with Gasteiger partial charge in [0.2, 0.25) is 11.8 Å². The second kappa shape index (κ2) is 8.61. The average Bonchev–Trinajstić information content (AvgIpc) is 3.47. The Hall–Kier alpha value is -4.07. The van der Waals surface area contributed by atoms with Crippen molar-refractivity contribution in [3.8, 4) is 0 Å². The van der Waals surface area contributed by atoms with Crippen LogP contribution >= 0.6 is 0 Å². The van der Waals surface area contributed by atoms with Crippen molar-refractivity contribution in [2.45, 2.75) is 20.3 Å². The van der Waals surface area contributed by atoms with Gasteiger partial charge < -0.3 is 10.1 Å². The summed E-state index contributed by atoms with van der Waals surface area (Å²) in [6, 6.07) is 12.6. The average molecular weight is 472 g/mol. The molecule has 2 aliphatic carbocycles. The maximum atomic E-state index is 13.2. The van der Waals surface area contributed by atoms with Gasteiger partial charge in [0.25, 0.3) is 5.91 Å². The summed E-state index contributed by atoms with van der Waals surface area (Å²) in [4.78, 5) is 63.8. The van der Waals surface area contributed by atoms with E-state index in [0.717, 1.165) is 6.42 Å². The summed E-state index contributed by atoms with van der Waals surface area (Å²) < 4.78 is 5.13. The largest absolute Gasteiger partial charge is 0.452 e. The summed E-state index contributed by atoms with van der Waals surface area (Å²) in [5.74, 6) is -2.38. The Bertz CT molecular complexity index is 1310. The molecule has 1 heterocycles. The number of nitrogens with one attached hydrogen (secondary N) is 1. The lowest BCUT2D eigenvalue weighted by molar-refractivity contribution is -0.123. The Morgan fingerprint density at radius 3 is 2.49 bits per heavy atom. The van der Waals surface area contributed by atoms with Gasteiger partial charge >= 0.3 is 5.97 Å². The molecule has 178 valence electrons. The molecule has 5 rings (SSSR count). The summed E-state index contributed by atoms with van der Waals surface area (Å²) in [6.07, 6.45) is 2.95. The summed E-state index contributed by atoms with van der Waals surface area (Å²) in [7, 11) is 0. The standard InChI is InChI=1S/C27H24N2O6/c1-14-9-18-12-21(14)24-23(18)25(32)29(26(24)33)20-8-4-6-17(11-20)27(34)35-13-22(31)28-19-7-3-5-16(10-19)15(2)30/h3-11,18,21,23-24H,12-13H2,1-2H3,(H,28,31)/t18-,21+,23-,24-/m0/s1. The number of anilines is 2. The fourth-order valence-corrected chi connectivity index (χ4v) is 5.53. The Morgan fingerprint density at radius 2 is 1.71 bits per heavy atom. The molecule has 2 bridgehead atoms. The predicted octanol–water partition coefficient (Wildman–Crippen LogP) is 3.39. The van der Waals surface area contributed by atoms with Gasteiger partial charge in [-0.15, -0.1) is 0 Å². The number of allylic oxidation sites excluding steroid dienone is 2. The fourth-order valence-electron chi connectivity index (χ4n) is 5.53. The van der Waals surface area contributed by atoms with E-state index < -0.39 is 18.5 Å². The molecule has 35 heavy (non-hydrogen) atoms. The summed E-state index contributed by atoms with van der Waals surface area (Å²) in [5.41, 5.74) is 2.49. The molecule has 2 aromatic carbocycles. The van der Waals surface area contributed by atoms with E-state index in [-0.39, 0.29) is 46.8 Å². The monoisotopic (exact) mass is 472 g/mol. The Balaban J connectivity index is 1.24. The first kappa shape index (κ1) is 22.7. The molecule has 1 N–H and O–H groups in total. The molecule has 8 nitrogen and oxygen atoms in total. The van der Waals surface area contributed by atoms with E-state index in [2.05, 4.69) is 11.4 Å². The minimum Gasteiger partial charge on any atom is -0.452 e. The van der Waals surface area contributed by atoms with Crippen LogP contribution in [0.1, 0.15) is 41.0 Å². The molecule has 2 fully saturated rings. The van der Waals surface area contributed by atoms with Crippen molar-refractivity contribution < 1.29 is 28.7 Å². The van der Waals surface area contributed by atoms with E-state index in [1.165, 1.54) is 35.6 Å². The molecule has 4 atom stereocenters. The number of Topliss-reactive ketones (excluding diaryl/α,β-unsaturated/α-hetero) is 1. The Kier molecular flexibility index (Phi) is 5.59. The van der Waals surface area contributed by atoms with Crippen LogP contribution in [0.2, 0.25) is 0 Å². The first-order valence-electron chi connectivity index (χ1n) is 11.5. The number of carbonyl (C=O) groups is 5. The van der Waals surface area contributed by atoms with Crippen LogP contribution in [0.5, 0.6) is 0 Å². The minimum atomic E-state index is -0.753. The number of rotatable bonds is 6. The van der Waals surface area contributed by atoms with Gasteiger partial charge in [0.05, 0.1) is 23.1 Å². The van der Waals surface area contributed by atoms with Crippen LogP contribution in [0.4, 0.5) is 11.4 Å². The number of ether oxygens (including phenoxy) is 1. The van der Waals surface area contributed by atoms with Crippen molar-refractivity contribution in [3.05, 3.63) is 71.3 Å². The highest BCUT2D eigenvalue weighted by molar-refractivity contribution is 6.23. The third-order valence-electron chi connectivity index (χ3n) is 7.11. The van der Waals surface area contributed by atoms with Crippen LogP contribution < -0.4 is 10.2 Å². The molecule has 0 aromatic heterocycles. The van der Waals surface area contributed by atoms with Crippen LogP contribution in [-0.4, -0.2) is 36.1 Å². The third kappa shape index (κ3) is 3.95. The van der Waals surface area contributed by atoms with E-state index in [1.54, 1.807) is 30.3 Å². The number of amides is 3. The van der Waals surface area contributed by atoms with Crippen LogP contribution in [0.3, 0.4) is 0 Å². The second-order valence-corrected chi connectivity index (χ2v) is 9.29. The second-order valence-electron chi connectivity index (χ2n) is 9.29. The van der Waals surface area contributed by atoms with Gasteiger partial charge in [0, 0.05) is 11.3 Å². The predicted molar refractivity (Wildman–Crippen MR) is 127 cm³/mol. The number of esters is 1. The number of hydrogen-bond acceptors (Lipinski definition) is 6. The molecule has 3 aliphatic rings. The summed E-state index contributed by atoms with van der Waals surface area (Å²) in [5, 5.41) is 2.58. The number of benzene rings is 2. The van der Waals surface area contributed by atoms with Gasteiger partial charge in [-0.1, -0.05) is 29.8 Å². The van der Waals surface area contributed by atoms with Crippen molar-refractivity contribution in [2.24, 2.45) is 23.7 Å². The number of carbonyl (C=O) groups excluding carboxylic acids is 5. The lowest BCUT2D eigenvalue weighted by atomic mass is 9.82. The zero-order valence-electron chi connectivity index (χ0n) is 19.3. The van der Waals surface area contributed by atoms with Crippen LogP contribution in [0, 0.1) is 23.7 Å². The molecule has 0 unspecified atom stereocenters. The molecule has 1 saturated carbocycles. The van der Waals surface area contributed by atoms with Crippen LogP contribution in [0.25, 0.3) is 0 Å². The molecular weight excluding hydrogens is 448 g/mol. The molecular formula is C27H24N2O6. The quantitative estimate of drug-likeness (QED) is 0.299. The van der Waals surface area contributed by atoms with Gasteiger partial charge in [-0.05, 0) is 62.4 Å². The highest BCUT2D eigenvalue weighted by Crippen LogP contribution is 2.55. The van der Waals surface area contributed by atoms with Gasteiger partial charge in [0.15, 0.2) is 12.4 Å². The number of ketones is 1. The Morgan fingerprint density at radius 1 is 1.00 bits per heavy atom. The first-order chi connectivity index (χ1) is 16.7. The van der Waals surface area contributed by atoms with Crippen LogP contribution in [-0.2, 0) is 19.1 Å². The van der Waals surface area contributed by atoms with Gasteiger partial charge in [-0.2, -0.15) is 0 Å². The van der Waals surface area contributed by atoms with E-state index in [1.807, 2.05) is 6.92 Å². The highest BCUT2D eigenvalue weighted by atomic mass is 16.5. The molecule has 3 amide bonds. The maximum Gasteiger partial charge on any atom is 0.338 e. The number of fused-ring (bicyclic) bond motifs is 5. The molecule has 1 aliphatic heterocycles. The molecule has 2 aromatic rings. The van der Waals surface area contributed by atoms with E-state index >= 15 is 0 Å². The van der Waals surface area contributed by atoms with E-state index in [0.29, 0.717) is 16.9 Å². The van der Waals surface area contributed by atoms with Gasteiger partial charge in [-0.3, -0.25) is 19.2 Å². The normalized spacial score (nSPS) is 24.3.